The second-order valence-corrected chi connectivity index (χ2v) is 6.01. The van der Waals surface area contributed by atoms with Crippen LogP contribution in [0.5, 0.6) is 0 Å². The van der Waals surface area contributed by atoms with Gasteiger partial charge < -0.3 is 9.42 Å². The second-order valence-electron chi connectivity index (χ2n) is 6.01. The highest BCUT2D eigenvalue weighted by atomic mass is 16.5. The Morgan fingerprint density at radius 2 is 2.08 bits per heavy atom. The summed E-state index contributed by atoms with van der Waals surface area (Å²) in [6, 6.07) is 7.64. The van der Waals surface area contributed by atoms with E-state index in [1.165, 1.54) is 0 Å². The lowest BCUT2D eigenvalue weighted by Gasteiger charge is -2.30. The maximum absolute atomic E-state index is 11.6. The molecule has 7 nitrogen and oxygen atoms in total. The molecule has 1 aliphatic heterocycles. The molecule has 1 amide bonds. The first-order valence-corrected chi connectivity index (χ1v) is 8.02. The Bertz CT molecular complexity index is 891. The van der Waals surface area contributed by atoms with Crippen LogP contribution >= 0.6 is 0 Å². The van der Waals surface area contributed by atoms with Crippen LogP contribution in [-0.2, 0) is 4.79 Å². The highest BCUT2D eigenvalue weighted by Gasteiger charge is 2.27. The molecule has 4 rings (SSSR count). The largest absolute Gasteiger partial charge is 0.342 e. The molecule has 122 valence electrons. The first-order valence-electron chi connectivity index (χ1n) is 8.02. The average molecular weight is 323 g/mol. The Morgan fingerprint density at radius 3 is 2.92 bits per heavy atom. The number of para-hydroxylation sites is 2. The van der Waals surface area contributed by atoms with Crippen LogP contribution in [0, 0.1) is 0 Å². The van der Waals surface area contributed by atoms with Gasteiger partial charge in [-0.15, -0.1) is 0 Å². The van der Waals surface area contributed by atoms with E-state index in [4.69, 9.17) is 4.52 Å². The zero-order valence-electron chi connectivity index (χ0n) is 13.3. The van der Waals surface area contributed by atoms with Crippen LogP contribution in [0.3, 0.4) is 0 Å². The standard InChI is InChI=1S/C17H17N5O2/c1-11(23)22-8-4-5-12(10-22)16-20-17(24-21-16)15-9-18-13-6-2-3-7-14(13)19-15/h2-3,6-7,9,12H,4-5,8,10H2,1H3. The minimum atomic E-state index is 0.0869. The molecule has 3 heterocycles. The summed E-state index contributed by atoms with van der Waals surface area (Å²) in [5.41, 5.74) is 2.17. The number of piperidine rings is 1. The van der Waals surface area contributed by atoms with Crippen LogP contribution in [0.25, 0.3) is 22.6 Å². The lowest BCUT2D eigenvalue weighted by molar-refractivity contribution is -0.130. The molecule has 0 spiro atoms. The highest BCUT2D eigenvalue weighted by Crippen LogP contribution is 2.27. The number of fused-ring (bicyclic) bond motifs is 1. The van der Waals surface area contributed by atoms with Crippen LogP contribution in [0.1, 0.15) is 31.5 Å². The average Bonchev–Trinajstić information content (AvgIpc) is 3.11. The summed E-state index contributed by atoms with van der Waals surface area (Å²) in [5.74, 6) is 1.19. The summed E-state index contributed by atoms with van der Waals surface area (Å²) in [4.78, 5) is 26.8. The van der Waals surface area contributed by atoms with Crippen molar-refractivity contribution in [2.75, 3.05) is 13.1 Å². The van der Waals surface area contributed by atoms with E-state index in [9.17, 15) is 4.79 Å². The zero-order valence-corrected chi connectivity index (χ0v) is 13.3. The Balaban J connectivity index is 1.60. The van der Waals surface area contributed by atoms with Crippen molar-refractivity contribution >= 4 is 16.9 Å². The SMILES string of the molecule is CC(=O)N1CCCC(c2noc(-c3cnc4ccccc4n3)n2)C1. The van der Waals surface area contributed by atoms with E-state index in [0.717, 1.165) is 30.4 Å². The van der Waals surface area contributed by atoms with E-state index in [1.807, 2.05) is 29.2 Å². The third kappa shape index (κ3) is 2.73. The Kier molecular flexibility index (Phi) is 3.68. The summed E-state index contributed by atoms with van der Waals surface area (Å²) in [7, 11) is 0. The van der Waals surface area contributed by atoms with E-state index in [-0.39, 0.29) is 11.8 Å². The van der Waals surface area contributed by atoms with Gasteiger partial charge >= 0.3 is 0 Å². The van der Waals surface area contributed by atoms with E-state index in [0.29, 0.717) is 24.0 Å². The van der Waals surface area contributed by atoms with Crippen molar-refractivity contribution in [2.24, 2.45) is 0 Å². The van der Waals surface area contributed by atoms with Gasteiger partial charge in [-0.3, -0.25) is 9.78 Å². The lowest BCUT2D eigenvalue weighted by Crippen LogP contribution is -2.37. The summed E-state index contributed by atoms with van der Waals surface area (Å²) >= 11 is 0. The van der Waals surface area contributed by atoms with E-state index < -0.39 is 0 Å². The van der Waals surface area contributed by atoms with Gasteiger partial charge in [0.2, 0.25) is 5.91 Å². The monoisotopic (exact) mass is 323 g/mol. The van der Waals surface area contributed by atoms with Crippen molar-refractivity contribution in [3.63, 3.8) is 0 Å². The van der Waals surface area contributed by atoms with Crippen molar-refractivity contribution < 1.29 is 9.32 Å². The molecule has 24 heavy (non-hydrogen) atoms. The molecule has 7 heteroatoms. The van der Waals surface area contributed by atoms with Gasteiger partial charge in [0.05, 0.1) is 17.2 Å². The van der Waals surface area contributed by atoms with Gasteiger partial charge in [-0.05, 0) is 25.0 Å². The van der Waals surface area contributed by atoms with Gasteiger partial charge in [-0.1, -0.05) is 17.3 Å². The van der Waals surface area contributed by atoms with Gasteiger partial charge in [0, 0.05) is 25.9 Å². The molecule has 0 bridgehead atoms. The van der Waals surface area contributed by atoms with Crippen LogP contribution in [-0.4, -0.2) is 44.0 Å². The first kappa shape index (κ1) is 14.7. The predicted molar refractivity (Wildman–Crippen MR) is 87.1 cm³/mol. The van der Waals surface area contributed by atoms with Gasteiger partial charge in [-0.2, -0.15) is 4.98 Å². The molecule has 0 saturated carbocycles. The predicted octanol–water partition coefficient (Wildman–Crippen LogP) is 2.41. The van der Waals surface area contributed by atoms with Crippen LogP contribution < -0.4 is 0 Å². The molecule has 0 radical (unpaired) electrons. The van der Waals surface area contributed by atoms with Gasteiger partial charge in [-0.25, -0.2) is 4.98 Å². The molecular formula is C17H17N5O2. The maximum Gasteiger partial charge on any atom is 0.278 e. The summed E-state index contributed by atoms with van der Waals surface area (Å²) in [6.45, 7) is 3.03. The number of amides is 1. The molecule has 1 unspecified atom stereocenters. The van der Waals surface area contributed by atoms with Crippen molar-refractivity contribution in [3.8, 4) is 11.6 Å². The fourth-order valence-electron chi connectivity index (χ4n) is 3.04. The molecule has 1 atom stereocenters. The fraction of sp³-hybridized carbons (Fsp3) is 0.353. The molecular weight excluding hydrogens is 306 g/mol. The quantitative estimate of drug-likeness (QED) is 0.720. The van der Waals surface area contributed by atoms with Crippen LogP contribution in [0.15, 0.2) is 35.0 Å². The van der Waals surface area contributed by atoms with Crippen LogP contribution in [0.2, 0.25) is 0 Å². The minimum absolute atomic E-state index is 0.0869. The number of likely N-dealkylation sites (tertiary alicyclic amines) is 1. The maximum atomic E-state index is 11.6. The van der Waals surface area contributed by atoms with Gasteiger partial charge in [0.15, 0.2) is 5.82 Å². The number of benzene rings is 1. The summed E-state index contributed by atoms with van der Waals surface area (Å²) in [5, 5.41) is 4.10. The van der Waals surface area contributed by atoms with Crippen molar-refractivity contribution in [1.82, 2.24) is 25.0 Å². The van der Waals surface area contributed by atoms with Gasteiger partial charge in [0.1, 0.15) is 5.69 Å². The number of nitrogens with zero attached hydrogens (tertiary/aromatic N) is 5. The lowest BCUT2D eigenvalue weighted by atomic mass is 9.97. The first-order chi connectivity index (χ1) is 11.7. The third-order valence-electron chi connectivity index (χ3n) is 4.34. The van der Waals surface area contributed by atoms with Crippen LogP contribution in [0.4, 0.5) is 0 Å². The smallest absolute Gasteiger partial charge is 0.278 e. The number of carbonyl (C=O) groups excluding carboxylic acids is 1. The molecule has 3 aromatic rings. The molecule has 1 aromatic carbocycles. The van der Waals surface area contributed by atoms with Crippen molar-refractivity contribution in [3.05, 3.63) is 36.3 Å². The van der Waals surface area contributed by atoms with E-state index in [1.54, 1.807) is 13.1 Å². The van der Waals surface area contributed by atoms with Gasteiger partial charge in [0.25, 0.3) is 5.89 Å². The Labute approximate surface area is 138 Å². The Morgan fingerprint density at radius 1 is 1.25 bits per heavy atom. The number of hydrogen-bond acceptors (Lipinski definition) is 6. The number of rotatable bonds is 2. The number of carbonyl (C=O) groups is 1. The van der Waals surface area contributed by atoms with Crippen molar-refractivity contribution in [2.45, 2.75) is 25.7 Å². The summed E-state index contributed by atoms with van der Waals surface area (Å²) in [6.07, 6.45) is 3.54. The molecule has 1 aliphatic rings. The molecule has 1 fully saturated rings. The third-order valence-corrected chi connectivity index (χ3v) is 4.34. The fourth-order valence-corrected chi connectivity index (χ4v) is 3.04. The Hall–Kier alpha value is -2.83. The minimum Gasteiger partial charge on any atom is -0.342 e. The molecule has 2 aromatic heterocycles. The van der Waals surface area contributed by atoms with E-state index >= 15 is 0 Å². The topological polar surface area (TPSA) is 85.0 Å². The molecule has 0 N–H and O–H groups in total. The highest BCUT2D eigenvalue weighted by molar-refractivity contribution is 5.75. The van der Waals surface area contributed by atoms with Crippen molar-refractivity contribution in [1.29, 1.82) is 0 Å². The number of aromatic nitrogens is 4. The zero-order chi connectivity index (χ0) is 16.5. The molecule has 0 aliphatic carbocycles. The normalized spacial score (nSPS) is 18.0. The van der Waals surface area contributed by atoms with E-state index in [2.05, 4.69) is 20.1 Å². The number of hydrogen-bond donors (Lipinski definition) is 0. The molecule has 1 saturated heterocycles. The second kappa shape index (κ2) is 5.99. The summed E-state index contributed by atoms with van der Waals surface area (Å²) < 4.78 is 5.38.